The van der Waals surface area contributed by atoms with Crippen LogP contribution in [0.4, 0.5) is 0 Å². The predicted molar refractivity (Wildman–Crippen MR) is 100 cm³/mol. The van der Waals surface area contributed by atoms with Crippen LogP contribution in [0.5, 0.6) is 0 Å². The number of nitrogens with zero attached hydrogens (tertiary/aromatic N) is 2. The summed E-state index contributed by atoms with van der Waals surface area (Å²) >= 11 is 1.45. The molecular formula is C20H20N2O2S. The fraction of sp³-hybridized carbons (Fsp3) is 0.300. The molecule has 0 atom stereocenters. The quantitative estimate of drug-likeness (QED) is 0.836. The Balaban J connectivity index is 1.47. The SMILES string of the molecule is O=C(C1=CSC=CN1C(=O)CC1=Cc2ccccc2C1)N1CCCC1. The normalized spacial score (nSPS) is 18.9. The number of rotatable bonds is 3. The van der Waals surface area contributed by atoms with Gasteiger partial charge >= 0.3 is 0 Å². The lowest BCUT2D eigenvalue weighted by atomic mass is 10.1. The molecule has 1 fully saturated rings. The van der Waals surface area contributed by atoms with Crippen LogP contribution in [0.3, 0.4) is 0 Å². The van der Waals surface area contributed by atoms with Gasteiger partial charge in [0.05, 0.1) is 0 Å². The Hall–Kier alpha value is -2.27. The Morgan fingerprint density at radius 3 is 2.72 bits per heavy atom. The summed E-state index contributed by atoms with van der Waals surface area (Å²) in [6.07, 6.45) is 7.06. The van der Waals surface area contributed by atoms with Crippen LogP contribution < -0.4 is 0 Å². The zero-order valence-electron chi connectivity index (χ0n) is 14.0. The second kappa shape index (κ2) is 6.92. The molecule has 1 aromatic rings. The van der Waals surface area contributed by atoms with Crippen LogP contribution in [0.1, 0.15) is 30.4 Å². The van der Waals surface area contributed by atoms with Gasteiger partial charge in [-0.2, -0.15) is 0 Å². The smallest absolute Gasteiger partial charge is 0.271 e. The molecule has 2 heterocycles. The summed E-state index contributed by atoms with van der Waals surface area (Å²) in [5.41, 5.74) is 4.04. The number of benzene rings is 1. The number of hydrogen-bond donors (Lipinski definition) is 0. The first-order valence-electron chi connectivity index (χ1n) is 8.63. The number of carbonyl (C=O) groups excluding carboxylic acids is 2. The van der Waals surface area contributed by atoms with Crippen LogP contribution in [0.2, 0.25) is 0 Å². The van der Waals surface area contributed by atoms with Crippen LogP contribution in [-0.2, 0) is 16.0 Å². The number of amides is 2. The van der Waals surface area contributed by atoms with Crippen molar-refractivity contribution >= 4 is 29.7 Å². The molecule has 5 heteroatoms. The van der Waals surface area contributed by atoms with Crippen LogP contribution in [0.25, 0.3) is 6.08 Å². The molecule has 1 aromatic carbocycles. The third-order valence-electron chi connectivity index (χ3n) is 4.82. The average molecular weight is 352 g/mol. The number of carbonyl (C=O) groups is 2. The largest absolute Gasteiger partial charge is 0.337 e. The van der Waals surface area contributed by atoms with Crippen molar-refractivity contribution < 1.29 is 9.59 Å². The highest BCUT2D eigenvalue weighted by Crippen LogP contribution is 2.29. The van der Waals surface area contributed by atoms with Gasteiger partial charge in [0, 0.05) is 31.1 Å². The van der Waals surface area contributed by atoms with Gasteiger partial charge in [0.2, 0.25) is 5.91 Å². The fourth-order valence-electron chi connectivity index (χ4n) is 3.53. The Morgan fingerprint density at radius 1 is 1.12 bits per heavy atom. The molecule has 0 spiro atoms. The molecule has 2 amide bonds. The highest BCUT2D eigenvalue weighted by atomic mass is 32.2. The minimum Gasteiger partial charge on any atom is -0.337 e. The van der Waals surface area contributed by atoms with Gasteiger partial charge in [-0.25, -0.2) is 0 Å². The summed E-state index contributed by atoms with van der Waals surface area (Å²) in [7, 11) is 0. The zero-order valence-corrected chi connectivity index (χ0v) is 14.8. The van der Waals surface area contributed by atoms with E-state index in [9.17, 15) is 9.59 Å². The van der Waals surface area contributed by atoms with E-state index < -0.39 is 0 Å². The standard InChI is InChI=1S/C20H20N2O2S/c23-19(13-15-11-16-5-1-2-6-17(16)12-15)22-9-10-25-14-18(22)20(24)21-7-3-4-8-21/h1-2,5-6,9-11,14H,3-4,7-8,12-13H2. The molecule has 4 rings (SSSR count). The molecule has 128 valence electrons. The van der Waals surface area contributed by atoms with Crippen molar-refractivity contribution in [3.63, 3.8) is 0 Å². The van der Waals surface area contributed by atoms with Crippen molar-refractivity contribution in [3.8, 4) is 0 Å². The Labute approximate surface area is 151 Å². The van der Waals surface area contributed by atoms with E-state index in [4.69, 9.17) is 0 Å². The lowest BCUT2D eigenvalue weighted by molar-refractivity contribution is -0.133. The van der Waals surface area contributed by atoms with Gasteiger partial charge in [-0.05, 0) is 35.8 Å². The molecule has 0 aromatic heterocycles. The minimum absolute atomic E-state index is 0.0358. The maximum Gasteiger partial charge on any atom is 0.271 e. The third kappa shape index (κ3) is 3.29. The minimum atomic E-state index is -0.0468. The first kappa shape index (κ1) is 16.2. The van der Waals surface area contributed by atoms with Crippen molar-refractivity contribution in [2.24, 2.45) is 0 Å². The second-order valence-electron chi connectivity index (χ2n) is 6.54. The monoisotopic (exact) mass is 352 g/mol. The fourth-order valence-corrected chi connectivity index (χ4v) is 4.15. The first-order valence-corrected chi connectivity index (χ1v) is 9.57. The number of thioether (sulfide) groups is 1. The average Bonchev–Trinajstić information content (AvgIpc) is 3.30. The molecular weight excluding hydrogens is 332 g/mol. The summed E-state index contributed by atoms with van der Waals surface area (Å²) in [5.74, 6) is -0.0826. The van der Waals surface area contributed by atoms with Gasteiger partial charge in [-0.3, -0.25) is 14.5 Å². The first-order chi connectivity index (χ1) is 12.2. The van der Waals surface area contributed by atoms with Crippen LogP contribution in [0.15, 0.2) is 52.6 Å². The molecule has 0 bridgehead atoms. The zero-order chi connectivity index (χ0) is 17.2. The van der Waals surface area contributed by atoms with E-state index in [1.807, 2.05) is 22.4 Å². The van der Waals surface area contributed by atoms with E-state index in [1.165, 1.54) is 27.8 Å². The molecule has 0 saturated carbocycles. The van der Waals surface area contributed by atoms with Gasteiger partial charge in [0.1, 0.15) is 5.70 Å². The van der Waals surface area contributed by atoms with Gasteiger partial charge < -0.3 is 4.90 Å². The highest BCUT2D eigenvalue weighted by molar-refractivity contribution is 8.05. The summed E-state index contributed by atoms with van der Waals surface area (Å²) < 4.78 is 0. The Morgan fingerprint density at radius 2 is 1.92 bits per heavy atom. The van der Waals surface area contributed by atoms with Gasteiger partial charge in [0.25, 0.3) is 5.91 Å². The Bertz CT molecular complexity index is 804. The maximum absolute atomic E-state index is 12.8. The molecule has 3 aliphatic rings. The molecule has 25 heavy (non-hydrogen) atoms. The van der Waals surface area contributed by atoms with Crippen LogP contribution in [-0.4, -0.2) is 34.7 Å². The van der Waals surface area contributed by atoms with E-state index in [2.05, 4.69) is 18.2 Å². The molecule has 1 aliphatic carbocycles. The third-order valence-corrected chi connectivity index (χ3v) is 5.46. The number of fused-ring (bicyclic) bond motifs is 1. The van der Waals surface area contributed by atoms with Crippen molar-refractivity contribution in [2.75, 3.05) is 13.1 Å². The van der Waals surface area contributed by atoms with Gasteiger partial charge in [-0.15, -0.1) is 11.8 Å². The lowest BCUT2D eigenvalue weighted by Crippen LogP contribution is -2.38. The Kier molecular flexibility index (Phi) is 4.49. The predicted octanol–water partition coefficient (Wildman–Crippen LogP) is 3.53. The van der Waals surface area contributed by atoms with Crippen LogP contribution in [0, 0.1) is 0 Å². The van der Waals surface area contributed by atoms with E-state index in [0.29, 0.717) is 12.1 Å². The van der Waals surface area contributed by atoms with Crippen molar-refractivity contribution in [1.82, 2.24) is 9.80 Å². The second-order valence-corrected chi connectivity index (χ2v) is 7.32. The topological polar surface area (TPSA) is 40.6 Å². The molecule has 0 N–H and O–H groups in total. The molecule has 4 nitrogen and oxygen atoms in total. The van der Waals surface area contributed by atoms with Gasteiger partial charge in [-0.1, -0.05) is 35.9 Å². The van der Waals surface area contributed by atoms with Crippen molar-refractivity contribution in [3.05, 3.63) is 63.7 Å². The van der Waals surface area contributed by atoms with E-state index in [1.54, 1.807) is 11.6 Å². The number of likely N-dealkylation sites (tertiary alicyclic amines) is 1. The number of hydrogen-bond acceptors (Lipinski definition) is 3. The summed E-state index contributed by atoms with van der Waals surface area (Å²) in [5, 5.41) is 3.63. The maximum atomic E-state index is 12.8. The van der Waals surface area contributed by atoms with Gasteiger partial charge in [0.15, 0.2) is 0 Å². The summed E-state index contributed by atoms with van der Waals surface area (Å²) in [4.78, 5) is 29.0. The van der Waals surface area contributed by atoms with E-state index >= 15 is 0 Å². The van der Waals surface area contributed by atoms with E-state index in [0.717, 1.165) is 37.9 Å². The lowest BCUT2D eigenvalue weighted by Gasteiger charge is -2.26. The summed E-state index contributed by atoms with van der Waals surface area (Å²) in [6.45, 7) is 1.57. The van der Waals surface area contributed by atoms with E-state index in [-0.39, 0.29) is 11.8 Å². The summed E-state index contributed by atoms with van der Waals surface area (Å²) in [6, 6.07) is 8.22. The molecule has 0 radical (unpaired) electrons. The van der Waals surface area contributed by atoms with Crippen molar-refractivity contribution in [2.45, 2.75) is 25.7 Å². The molecule has 0 unspecified atom stereocenters. The molecule has 1 saturated heterocycles. The van der Waals surface area contributed by atoms with Crippen LogP contribution >= 0.6 is 11.8 Å². The van der Waals surface area contributed by atoms with Crippen molar-refractivity contribution in [1.29, 1.82) is 0 Å². The molecule has 2 aliphatic heterocycles. The highest BCUT2D eigenvalue weighted by Gasteiger charge is 2.29.